The Bertz CT molecular complexity index is 651. The molecule has 0 aliphatic rings. The lowest BCUT2D eigenvalue weighted by molar-refractivity contribution is -0.136. The van der Waals surface area contributed by atoms with Crippen LogP contribution in [0.5, 0.6) is 5.75 Å². The van der Waals surface area contributed by atoms with E-state index in [1.54, 1.807) is 0 Å². The lowest BCUT2D eigenvalue weighted by Crippen LogP contribution is -1.97. The van der Waals surface area contributed by atoms with Gasteiger partial charge in [0.05, 0.1) is 0 Å². The molecular formula is C18H16O3. The molecule has 0 amide bonds. The van der Waals surface area contributed by atoms with Gasteiger partial charge in [-0.05, 0) is 35.2 Å². The minimum atomic E-state index is -0.780. The topological polar surface area (TPSA) is 46.5 Å². The zero-order valence-electron chi connectivity index (χ0n) is 11.6. The van der Waals surface area contributed by atoms with Crippen LogP contribution in [-0.2, 0) is 11.2 Å². The Kier molecular flexibility index (Phi) is 5.00. The van der Waals surface area contributed by atoms with Crippen LogP contribution < -0.4 is 4.74 Å². The summed E-state index contributed by atoms with van der Waals surface area (Å²) >= 11 is 0. The van der Waals surface area contributed by atoms with Crippen molar-refractivity contribution in [1.29, 1.82) is 0 Å². The van der Waals surface area contributed by atoms with Gasteiger partial charge in [-0.25, -0.2) is 0 Å². The molecule has 0 bridgehead atoms. The van der Waals surface area contributed by atoms with Crippen molar-refractivity contribution in [3.63, 3.8) is 0 Å². The molecule has 0 aromatic heterocycles. The third-order valence-electron chi connectivity index (χ3n) is 3.07. The third kappa shape index (κ3) is 4.39. The highest BCUT2D eigenvalue weighted by Gasteiger charge is 2.02. The highest BCUT2D eigenvalue weighted by Crippen LogP contribution is 2.24. The van der Waals surface area contributed by atoms with Crippen molar-refractivity contribution in [2.24, 2.45) is 0 Å². The zero-order chi connectivity index (χ0) is 15.1. The summed E-state index contributed by atoms with van der Waals surface area (Å²) in [5.41, 5.74) is 3.11. The number of carboxylic acids is 1. The van der Waals surface area contributed by atoms with Crippen molar-refractivity contribution in [1.82, 2.24) is 0 Å². The van der Waals surface area contributed by atoms with Crippen LogP contribution in [0.1, 0.15) is 12.0 Å². The molecule has 0 saturated carbocycles. The number of rotatable bonds is 6. The maximum Gasteiger partial charge on any atom is 0.303 e. The predicted octanol–water partition coefficient (Wildman–Crippen LogP) is 3.38. The van der Waals surface area contributed by atoms with Crippen molar-refractivity contribution < 1.29 is 14.6 Å². The summed E-state index contributed by atoms with van der Waals surface area (Å²) in [5, 5.41) is 8.68. The number of hydrogen-bond donors (Lipinski definition) is 1. The summed E-state index contributed by atoms with van der Waals surface area (Å²) in [5.74, 6) is 2.39. The lowest BCUT2D eigenvalue weighted by atomic mass is 10.0. The van der Waals surface area contributed by atoms with Gasteiger partial charge in [0.2, 0.25) is 0 Å². The number of ether oxygens (including phenoxy) is 1. The van der Waals surface area contributed by atoms with Gasteiger partial charge in [0.15, 0.2) is 0 Å². The summed E-state index contributed by atoms with van der Waals surface area (Å²) in [6.07, 6.45) is 5.87. The summed E-state index contributed by atoms with van der Waals surface area (Å²) in [4.78, 5) is 10.6. The SMILES string of the molecule is C#CCOc1cccc(-c2ccc(CCC(=O)O)cc2)c1. The number of carboxylic acid groups (broad SMARTS) is 1. The molecule has 3 nitrogen and oxygen atoms in total. The molecule has 0 unspecified atom stereocenters. The van der Waals surface area contributed by atoms with Crippen LogP contribution in [0.15, 0.2) is 48.5 Å². The normalized spacial score (nSPS) is 9.86. The Balaban J connectivity index is 2.11. The number of benzene rings is 2. The third-order valence-corrected chi connectivity index (χ3v) is 3.07. The van der Waals surface area contributed by atoms with E-state index in [2.05, 4.69) is 5.92 Å². The van der Waals surface area contributed by atoms with E-state index in [1.807, 2.05) is 48.5 Å². The molecule has 0 atom stereocenters. The molecule has 0 radical (unpaired) electrons. The highest BCUT2D eigenvalue weighted by molar-refractivity contribution is 5.68. The average molecular weight is 280 g/mol. The van der Waals surface area contributed by atoms with Gasteiger partial charge in [-0.3, -0.25) is 4.79 Å². The maximum absolute atomic E-state index is 10.6. The molecule has 1 N–H and O–H groups in total. The molecule has 2 aromatic carbocycles. The first-order valence-corrected chi connectivity index (χ1v) is 6.66. The van der Waals surface area contributed by atoms with Crippen LogP contribution in [0, 0.1) is 12.3 Å². The fraction of sp³-hybridized carbons (Fsp3) is 0.167. The molecular weight excluding hydrogens is 264 g/mol. The van der Waals surface area contributed by atoms with Gasteiger partial charge in [0.25, 0.3) is 0 Å². The highest BCUT2D eigenvalue weighted by atomic mass is 16.5. The van der Waals surface area contributed by atoms with Gasteiger partial charge >= 0.3 is 5.97 Å². The zero-order valence-corrected chi connectivity index (χ0v) is 11.6. The van der Waals surface area contributed by atoms with E-state index >= 15 is 0 Å². The van der Waals surface area contributed by atoms with E-state index in [0.29, 0.717) is 6.42 Å². The maximum atomic E-state index is 10.6. The number of carbonyl (C=O) groups is 1. The number of terminal acetylenes is 1. The van der Waals surface area contributed by atoms with E-state index in [1.165, 1.54) is 0 Å². The molecule has 2 rings (SSSR count). The van der Waals surface area contributed by atoms with Crippen LogP contribution in [0.2, 0.25) is 0 Å². The Morgan fingerprint density at radius 2 is 1.90 bits per heavy atom. The Hall–Kier alpha value is -2.73. The summed E-state index contributed by atoms with van der Waals surface area (Å²) in [7, 11) is 0. The van der Waals surface area contributed by atoms with E-state index in [4.69, 9.17) is 16.3 Å². The van der Waals surface area contributed by atoms with Crippen LogP contribution >= 0.6 is 0 Å². The Morgan fingerprint density at radius 3 is 2.57 bits per heavy atom. The van der Waals surface area contributed by atoms with Crippen molar-refractivity contribution in [3.05, 3.63) is 54.1 Å². The van der Waals surface area contributed by atoms with Gasteiger partial charge in [0.1, 0.15) is 12.4 Å². The van der Waals surface area contributed by atoms with E-state index in [9.17, 15) is 4.79 Å². The molecule has 3 heteroatoms. The van der Waals surface area contributed by atoms with Crippen LogP contribution in [0.25, 0.3) is 11.1 Å². The lowest BCUT2D eigenvalue weighted by Gasteiger charge is -2.07. The molecule has 0 spiro atoms. The fourth-order valence-corrected chi connectivity index (χ4v) is 2.01. The second-order valence-electron chi connectivity index (χ2n) is 4.61. The molecule has 0 heterocycles. The first kappa shape index (κ1) is 14.7. The molecule has 0 fully saturated rings. The molecule has 0 aliphatic heterocycles. The summed E-state index contributed by atoms with van der Waals surface area (Å²) < 4.78 is 5.40. The van der Waals surface area contributed by atoms with Gasteiger partial charge in [0, 0.05) is 6.42 Å². The van der Waals surface area contributed by atoms with Gasteiger partial charge in [-0.2, -0.15) is 0 Å². The van der Waals surface area contributed by atoms with Gasteiger partial charge < -0.3 is 9.84 Å². The first-order chi connectivity index (χ1) is 10.2. The fourth-order valence-electron chi connectivity index (χ4n) is 2.01. The largest absolute Gasteiger partial charge is 0.481 e. The first-order valence-electron chi connectivity index (χ1n) is 6.66. The molecule has 0 saturated heterocycles. The standard InChI is InChI=1S/C18H16O3/c1-2-12-21-17-5-3-4-16(13-17)15-9-6-14(7-10-15)8-11-18(19)20/h1,3-7,9-10,13H,8,11-12H2,(H,19,20). The Morgan fingerprint density at radius 1 is 1.14 bits per heavy atom. The van der Waals surface area contributed by atoms with Crippen molar-refractivity contribution in [3.8, 4) is 29.2 Å². The molecule has 0 aliphatic carbocycles. The summed E-state index contributed by atoms with van der Waals surface area (Å²) in [6.45, 7) is 0.248. The Labute approximate surface area is 124 Å². The van der Waals surface area contributed by atoms with Crippen molar-refractivity contribution >= 4 is 5.97 Å². The summed E-state index contributed by atoms with van der Waals surface area (Å²) in [6, 6.07) is 15.6. The second-order valence-corrected chi connectivity index (χ2v) is 4.61. The second kappa shape index (κ2) is 7.16. The monoisotopic (exact) mass is 280 g/mol. The van der Waals surface area contributed by atoms with Crippen molar-refractivity contribution in [2.45, 2.75) is 12.8 Å². The van der Waals surface area contributed by atoms with Crippen LogP contribution in [-0.4, -0.2) is 17.7 Å². The van der Waals surface area contributed by atoms with Crippen LogP contribution in [0.4, 0.5) is 0 Å². The molecule has 2 aromatic rings. The minimum Gasteiger partial charge on any atom is -0.481 e. The smallest absolute Gasteiger partial charge is 0.303 e. The predicted molar refractivity (Wildman–Crippen MR) is 82.2 cm³/mol. The quantitative estimate of drug-likeness (QED) is 0.825. The molecule has 106 valence electrons. The molecule has 21 heavy (non-hydrogen) atoms. The average Bonchev–Trinajstić information content (AvgIpc) is 2.51. The minimum absolute atomic E-state index is 0.148. The van der Waals surface area contributed by atoms with E-state index in [0.717, 1.165) is 22.4 Å². The van der Waals surface area contributed by atoms with Gasteiger partial charge in [-0.15, -0.1) is 6.42 Å². The van der Waals surface area contributed by atoms with E-state index in [-0.39, 0.29) is 13.0 Å². The van der Waals surface area contributed by atoms with E-state index < -0.39 is 5.97 Å². The van der Waals surface area contributed by atoms with Crippen LogP contribution in [0.3, 0.4) is 0 Å². The van der Waals surface area contributed by atoms with Gasteiger partial charge in [-0.1, -0.05) is 42.3 Å². The number of aliphatic carboxylic acids is 1. The number of hydrogen-bond acceptors (Lipinski definition) is 2. The number of aryl methyl sites for hydroxylation is 1. The van der Waals surface area contributed by atoms with Crippen molar-refractivity contribution in [2.75, 3.05) is 6.61 Å².